The Morgan fingerprint density at radius 2 is 1.65 bits per heavy atom. The molecule has 0 radical (unpaired) electrons. The molecule has 0 spiro atoms. The van der Waals surface area contributed by atoms with Crippen molar-refractivity contribution < 1.29 is 22.3 Å². The van der Waals surface area contributed by atoms with E-state index in [1.807, 2.05) is 37.3 Å². The van der Waals surface area contributed by atoms with Crippen LogP contribution in [0.5, 0.6) is 5.75 Å². The minimum atomic E-state index is -3.85. The molecule has 0 bridgehead atoms. The van der Waals surface area contributed by atoms with Gasteiger partial charge in [0.05, 0.1) is 27.4 Å². The molecule has 2 heterocycles. The fourth-order valence-corrected chi connectivity index (χ4v) is 6.37. The first kappa shape index (κ1) is 25.8. The molecule has 1 aromatic heterocycles. The number of nitrogens with zero attached hydrogens (tertiary/aromatic N) is 2. The standard InChI is InChI=1S/C31H26FN3O4S/c1-19-15-26(40(37,38)25-7-5-24(32)6-8-25)9-10-27(19)31(36)35-13-14-39-30-12-4-21(16-23(30)18-35)22-3-11-28-29(17-22)34-20(2)33-28/h3-12,15-17H,13-14,18H2,1-2H3,(H,33,34). The summed E-state index contributed by atoms with van der Waals surface area (Å²) in [6.07, 6.45) is 0. The normalized spacial score (nSPS) is 13.5. The Balaban J connectivity index is 1.27. The van der Waals surface area contributed by atoms with E-state index in [1.54, 1.807) is 17.9 Å². The number of imidazole rings is 1. The van der Waals surface area contributed by atoms with Gasteiger partial charge in [-0.1, -0.05) is 12.1 Å². The Hall–Kier alpha value is -4.50. The van der Waals surface area contributed by atoms with Crippen LogP contribution in [0, 0.1) is 19.7 Å². The fourth-order valence-electron chi connectivity index (χ4n) is 5.03. The SMILES string of the molecule is Cc1nc2ccc(-c3ccc4c(c3)CN(C(=O)c3ccc(S(=O)(=O)c5ccc(F)cc5)cc3C)CCO4)cc2[nH]1. The number of sulfone groups is 1. The van der Waals surface area contributed by atoms with Gasteiger partial charge in [-0.3, -0.25) is 4.79 Å². The molecule has 5 aromatic rings. The van der Waals surface area contributed by atoms with Crippen LogP contribution in [0.3, 0.4) is 0 Å². The average molecular weight is 556 g/mol. The third-order valence-corrected chi connectivity index (χ3v) is 8.89. The largest absolute Gasteiger partial charge is 0.491 e. The fraction of sp³-hybridized carbons (Fsp3) is 0.161. The van der Waals surface area contributed by atoms with Gasteiger partial charge in [0.25, 0.3) is 5.91 Å². The molecule has 6 rings (SSSR count). The summed E-state index contributed by atoms with van der Waals surface area (Å²) in [5.74, 6) is 0.864. The Bertz CT molecular complexity index is 1880. The van der Waals surface area contributed by atoms with Gasteiger partial charge in [-0.05, 0) is 97.3 Å². The van der Waals surface area contributed by atoms with E-state index in [0.29, 0.717) is 30.8 Å². The molecule has 0 unspecified atom stereocenters. The first-order valence-electron chi connectivity index (χ1n) is 12.8. The molecule has 0 fully saturated rings. The zero-order valence-corrected chi connectivity index (χ0v) is 22.8. The summed E-state index contributed by atoms with van der Waals surface area (Å²) >= 11 is 0. The number of aromatic nitrogens is 2. The Morgan fingerprint density at radius 3 is 2.42 bits per heavy atom. The van der Waals surface area contributed by atoms with Crippen molar-refractivity contribution >= 4 is 26.8 Å². The number of carbonyl (C=O) groups excluding carboxylic acids is 1. The highest BCUT2D eigenvalue weighted by atomic mass is 32.2. The van der Waals surface area contributed by atoms with E-state index in [-0.39, 0.29) is 15.7 Å². The summed E-state index contributed by atoms with van der Waals surface area (Å²) in [5.41, 5.74) is 5.72. The summed E-state index contributed by atoms with van der Waals surface area (Å²) in [6, 6.07) is 21.2. The number of halogens is 1. The molecule has 1 aliphatic rings. The lowest BCUT2D eigenvalue weighted by Crippen LogP contribution is -2.33. The maximum absolute atomic E-state index is 13.6. The molecule has 1 aliphatic heterocycles. The van der Waals surface area contributed by atoms with Gasteiger partial charge in [-0.2, -0.15) is 0 Å². The van der Waals surface area contributed by atoms with Gasteiger partial charge in [0.2, 0.25) is 9.84 Å². The molecule has 9 heteroatoms. The lowest BCUT2D eigenvalue weighted by atomic mass is 10.0. The second kappa shape index (κ2) is 9.91. The van der Waals surface area contributed by atoms with Crippen LogP contribution in [-0.4, -0.2) is 42.3 Å². The van der Waals surface area contributed by atoms with Gasteiger partial charge >= 0.3 is 0 Å². The van der Waals surface area contributed by atoms with Crippen molar-refractivity contribution in [1.82, 2.24) is 14.9 Å². The number of aromatic amines is 1. The van der Waals surface area contributed by atoms with E-state index >= 15 is 0 Å². The second-order valence-electron chi connectivity index (χ2n) is 9.89. The monoisotopic (exact) mass is 555 g/mol. The third-order valence-electron chi connectivity index (χ3n) is 7.12. The summed E-state index contributed by atoms with van der Waals surface area (Å²) in [6.45, 7) is 4.71. The first-order chi connectivity index (χ1) is 19.2. The lowest BCUT2D eigenvalue weighted by molar-refractivity contribution is 0.0732. The highest BCUT2D eigenvalue weighted by Crippen LogP contribution is 2.32. The van der Waals surface area contributed by atoms with Crippen LogP contribution in [0.2, 0.25) is 0 Å². The summed E-state index contributed by atoms with van der Waals surface area (Å²) < 4.78 is 45.4. The van der Waals surface area contributed by atoms with E-state index in [9.17, 15) is 17.6 Å². The molecular weight excluding hydrogens is 529 g/mol. The average Bonchev–Trinajstić information content (AvgIpc) is 3.18. The molecular formula is C31H26FN3O4S. The van der Waals surface area contributed by atoms with Gasteiger partial charge in [-0.15, -0.1) is 0 Å². The number of hydrogen-bond donors (Lipinski definition) is 1. The Labute approximate surface area is 231 Å². The molecule has 40 heavy (non-hydrogen) atoms. The van der Waals surface area contributed by atoms with Crippen LogP contribution in [0.25, 0.3) is 22.2 Å². The molecule has 0 saturated heterocycles. The van der Waals surface area contributed by atoms with E-state index in [2.05, 4.69) is 16.0 Å². The molecule has 7 nitrogen and oxygen atoms in total. The number of H-pyrrole nitrogens is 1. The molecule has 1 amide bonds. The molecule has 0 atom stereocenters. The summed E-state index contributed by atoms with van der Waals surface area (Å²) in [4.78, 5) is 23.1. The number of hydrogen-bond acceptors (Lipinski definition) is 5. The zero-order chi connectivity index (χ0) is 28.0. The van der Waals surface area contributed by atoms with Gasteiger partial charge in [-0.25, -0.2) is 17.8 Å². The van der Waals surface area contributed by atoms with Crippen LogP contribution in [0.15, 0.2) is 88.7 Å². The van der Waals surface area contributed by atoms with Crippen molar-refractivity contribution in [3.05, 3.63) is 107 Å². The minimum absolute atomic E-state index is 0.00809. The van der Waals surface area contributed by atoms with Crippen molar-refractivity contribution in [2.75, 3.05) is 13.2 Å². The highest BCUT2D eigenvalue weighted by Gasteiger charge is 2.25. The third kappa shape index (κ3) is 4.73. The number of benzene rings is 4. The molecule has 1 N–H and O–H groups in total. The Morgan fingerprint density at radius 1 is 0.925 bits per heavy atom. The van der Waals surface area contributed by atoms with Gasteiger partial charge in [0, 0.05) is 17.7 Å². The summed E-state index contributed by atoms with van der Waals surface area (Å²) in [7, 11) is -3.85. The lowest BCUT2D eigenvalue weighted by Gasteiger charge is -2.21. The van der Waals surface area contributed by atoms with E-state index in [4.69, 9.17) is 4.74 Å². The van der Waals surface area contributed by atoms with Crippen molar-refractivity contribution in [1.29, 1.82) is 0 Å². The predicted molar refractivity (Wildman–Crippen MR) is 150 cm³/mol. The first-order valence-corrected chi connectivity index (χ1v) is 14.3. The minimum Gasteiger partial charge on any atom is -0.491 e. The van der Waals surface area contributed by atoms with Crippen molar-refractivity contribution in [3.8, 4) is 16.9 Å². The van der Waals surface area contributed by atoms with Gasteiger partial charge in [0.1, 0.15) is 24.0 Å². The topological polar surface area (TPSA) is 92.4 Å². The molecule has 4 aromatic carbocycles. The van der Waals surface area contributed by atoms with E-state index in [0.717, 1.165) is 51.4 Å². The maximum Gasteiger partial charge on any atom is 0.254 e. The number of aryl methyl sites for hydroxylation is 2. The number of amides is 1. The Kier molecular flexibility index (Phi) is 6.38. The van der Waals surface area contributed by atoms with Crippen molar-refractivity contribution in [2.24, 2.45) is 0 Å². The molecule has 202 valence electrons. The summed E-state index contributed by atoms with van der Waals surface area (Å²) in [5, 5.41) is 0. The van der Waals surface area contributed by atoms with Crippen LogP contribution in [-0.2, 0) is 16.4 Å². The van der Waals surface area contributed by atoms with Crippen LogP contribution in [0.4, 0.5) is 4.39 Å². The van der Waals surface area contributed by atoms with Crippen LogP contribution >= 0.6 is 0 Å². The highest BCUT2D eigenvalue weighted by molar-refractivity contribution is 7.91. The van der Waals surface area contributed by atoms with Gasteiger partial charge in [0.15, 0.2) is 0 Å². The van der Waals surface area contributed by atoms with E-state index < -0.39 is 15.7 Å². The smallest absolute Gasteiger partial charge is 0.254 e. The van der Waals surface area contributed by atoms with Crippen molar-refractivity contribution in [2.45, 2.75) is 30.2 Å². The molecule has 0 aliphatic carbocycles. The number of nitrogens with one attached hydrogen (secondary N) is 1. The number of rotatable bonds is 4. The van der Waals surface area contributed by atoms with Gasteiger partial charge < -0.3 is 14.6 Å². The predicted octanol–water partition coefficient (Wildman–Crippen LogP) is 5.85. The zero-order valence-electron chi connectivity index (χ0n) is 21.9. The van der Waals surface area contributed by atoms with Crippen LogP contribution in [0.1, 0.15) is 27.3 Å². The number of fused-ring (bicyclic) bond motifs is 2. The maximum atomic E-state index is 13.6. The van der Waals surface area contributed by atoms with Crippen molar-refractivity contribution in [3.63, 3.8) is 0 Å². The molecule has 0 saturated carbocycles. The van der Waals surface area contributed by atoms with Crippen LogP contribution < -0.4 is 4.74 Å². The number of ether oxygens (including phenoxy) is 1. The second-order valence-corrected chi connectivity index (χ2v) is 11.8. The number of carbonyl (C=O) groups is 1. The quantitative estimate of drug-likeness (QED) is 0.281. The van der Waals surface area contributed by atoms with E-state index in [1.165, 1.54) is 24.3 Å².